The highest BCUT2D eigenvalue weighted by molar-refractivity contribution is 7.14. The minimum atomic E-state index is 0.00640. The van der Waals surface area contributed by atoms with Gasteiger partial charge in [-0.1, -0.05) is 13.8 Å². The molecule has 2 aromatic rings. The molecule has 0 spiro atoms. The Morgan fingerprint density at radius 1 is 1.26 bits per heavy atom. The molecule has 1 amide bonds. The SMILES string of the molecule is COc1ccc(-c2csc(NC(=O)CCC(C)C)n2)cc1OC. The van der Waals surface area contributed by atoms with Gasteiger partial charge in [-0.15, -0.1) is 11.3 Å². The minimum Gasteiger partial charge on any atom is -0.493 e. The van der Waals surface area contributed by atoms with E-state index in [4.69, 9.17) is 9.47 Å². The van der Waals surface area contributed by atoms with Gasteiger partial charge in [0.1, 0.15) is 0 Å². The molecule has 0 fully saturated rings. The average molecular weight is 334 g/mol. The third-order valence-corrected chi connectivity index (χ3v) is 4.14. The fourth-order valence-electron chi connectivity index (χ4n) is 2.06. The Balaban J connectivity index is 2.08. The maximum absolute atomic E-state index is 11.9. The summed E-state index contributed by atoms with van der Waals surface area (Å²) in [5.41, 5.74) is 1.72. The number of thiazole rings is 1. The Hall–Kier alpha value is -2.08. The second-order valence-electron chi connectivity index (χ2n) is 5.59. The Morgan fingerprint density at radius 2 is 2.00 bits per heavy atom. The van der Waals surface area contributed by atoms with Gasteiger partial charge in [-0.3, -0.25) is 4.79 Å². The molecular formula is C17H22N2O3S. The van der Waals surface area contributed by atoms with Gasteiger partial charge < -0.3 is 14.8 Å². The van der Waals surface area contributed by atoms with Crippen molar-refractivity contribution in [2.45, 2.75) is 26.7 Å². The van der Waals surface area contributed by atoms with Crippen molar-refractivity contribution in [2.75, 3.05) is 19.5 Å². The first-order valence-electron chi connectivity index (χ1n) is 7.51. The van der Waals surface area contributed by atoms with Crippen LogP contribution in [0.4, 0.5) is 5.13 Å². The van der Waals surface area contributed by atoms with E-state index < -0.39 is 0 Å². The third kappa shape index (κ3) is 4.69. The lowest BCUT2D eigenvalue weighted by atomic mass is 10.1. The van der Waals surface area contributed by atoms with Crippen molar-refractivity contribution in [2.24, 2.45) is 5.92 Å². The number of methoxy groups -OCH3 is 2. The summed E-state index contributed by atoms with van der Waals surface area (Å²) in [5.74, 6) is 1.85. The number of nitrogens with zero attached hydrogens (tertiary/aromatic N) is 1. The van der Waals surface area contributed by atoms with Crippen LogP contribution in [0.1, 0.15) is 26.7 Å². The number of hydrogen-bond donors (Lipinski definition) is 1. The smallest absolute Gasteiger partial charge is 0.226 e. The molecule has 1 N–H and O–H groups in total. The number of nitrogens with one attached hydrogen (secondary N) is 1. The van der Waals surface area contributed by atoms with Crippen molar-refractivity contribution >= 4 is 22.4 Å². The van der Waals surface area contributed by atoms with E-state index in [1.807, 2.05) is 23.6 Å². The van der Waals surface area contributed by atoms with Crippen LogP contribution in [-0.2, 0) is 4.79 Å². The summed E-state index contributed by atoms with van der Waals surface area (Å²) in [5, 5.41) is 5.38. The van der Waals surface area contributed by atoms with Crippen LogP contribution in [0.2, 0.25) is 0 Å². The van der Waals surface area contributed by atoms with E-state index in [0.29, 0.717) is 29.0 Å². The number of amides is 1. The number of anilines is 1. The van der Waals surface area contributed by atoms with Crippen LogP contribution in [-0.4, -0.2) is 25.1 Å². The topological polar surface area (TPSA) is 60.5 Å². The Bertz CT molecular complexity index is 668. The first-order valence-corrected chi connectivity index (χ1v) is 8.39. The molecule has 2 rings (SSSR count). The van der Waals surface area contributed by atoms with Crippen LogP contribution in [0.15, 0.2) is 23.6 Å². The molecule has 0 saturated heterocycles. The van der Waals surface area contributed by atoms with Crippen LogP contribution >= 0.6 is 11.3 Å². The number of ether oxygens (including phenoxy) is 2. The highest BCUT2D eigenvalue weighted by Gasteiger charge is 2.11. The molecule has 1 heterocycles. The number of hydrogen-bond acceptors (Lipinski definition) is 5. The zero-order valence-electron chi connectivity index (χ0n) is 13.9. The highest BCUT2D eigenvalue weighted by atomic mass is 32.1. The molecule has 0 aliphatic rings. The van der Waals surface area contributed by atoms with Crippen LogP contribution in [0, 0.1) is 5.92 Å². The monoisotopic (exact) mass is 334 g/mol. The van der Waals surface area contributed by atoms with E-state index in [0.717, 1.165) is 17.7 Å². The molecule has 1 aromatic carbocycles. The van der Waals surface area contributed by atoms with Crippen LogP contribution in [0.25, 0.3) is 11.3 Å². The lowest BCUT2D eigenvalue weighted by Crippen LogP contribution is -2.11. The molecule has 0 aliphatic heterocycles. The maximum Gasteiger partial charge on any atom is 0.226 e. The van der Waals surface area contributed by atoms with Gasteiger partial charge in [0.25, 0.3) is 0 Å². The molecule has 124 valence electrons. The first-order chi connectivity index (χ1) is 11.0. The normalized spacial score (nSPS) is 10.7. The van der Waals surface area contributed by atoms with Gasteiger partial charge in [0.15, 0.2) is 16.6 Å². The van der Waals surface area contributed by atoms with E-state index in [9.17, 15) is 4.79 Å². The van der Waals surface area contributed by atoms with Crippen molar-refractivity contribution in [3.63, 3.8) is 0 Å². The molecule has 6 heteroatoms. The number of carbonyl (C=O) groups is 1. The molecule has 0 radical (unpaired) electrons. The summed E-state index contributed by atoms with van der Waals surface area (Å²) in [6.45, 7) is 4.21. The van der Waals surface area contributed by atoms with E-state index in [-0.39, 0.29) is 5.91 Å². The predicted molar refractivity (Wildman–Crippen MR) is 93.4 cm³/mol. The summed E-state index contributed by atoms with van der Waals surface area (Å²) >= 11 is 1.42. The molecule has 0 atom stereocenters. The number of carbonyl (C=O) groups excluding carboxylic acids is 1. The standard InChI is InChI=1S/C17H22N2O3S/c1-11(2)5-8-16(20)19-17-18-13(10-23-17)12-6-7-14(21-3)15(9-12)22-4/h6-7,9-11H,5,8H2,1-4H3,(H,18,19,20). The summed E-state index contributed by atoms with van der Waals surface area (Å²) in [6.07, 6.45) is 1.39. The second-order valence-corrected chi connectivity index (χ2v) is 6.45. The van der Waals surface area contributed by atoms with Gasteiger partial charge in [0, 0.05) is 17.4 Å². The van der Waals surface area contributed by atoms with Crippen molar-refractivity contribution in [3.05, 3.63) is 23.6 Å². The van der Waals surface area contributed by atoms with Gasteiger partial charge in [0.2, 0.25) is 5.91 Å². The van der Waals surface area contributed by atoms with Crippen LogP contribution in [0.5, 0.6) is 11.5 Å². The fraction of sp³-hybridized carbons (Fsp3) is 0.412. The minimum absolute atomic E-state index is 0.00640. The summed E-state index contributed by atoms with van der Waals surface area (Å²) in [4.78, 5) is 16.3. The van der Waals surface area contributed by atoms with Crippen molar-refractivity contribution in [3.8, 4) is 22.8 Å². The lowest BCUT2D eigenvalue weighted by Gasteiger charge is -2.08. The van der Waals surface area contributed by atoms with Gasteiger partial charge in [-0.25, -0.2) is 4.98 Å². The summed E-state index contributed by atoms with van der Waals surface area (Å²) in [7, 11) is 3.20. The number of benzene rings is 1. The second kappa shape index (κ2) is 7.97. The molecule has 0 saturated carbocycles. The Labute approximate surface area is 140 Å². The van der Waals surface area contributed by atoms with Crippen LogP contribution in [0.3, 0.4) is 0 Å². The van der Waals surface area contributed by atoms with Crippen molar-refractivity contribution in [1.82, 2.24) is 4.98 Å². The van der Waals surface area contributed by atoms with Gasteiger partial charge in [-0.2, -0.15) is 0 Å². The van der Waals surface area contributed by atoms with Gasteiger partial charge in [0.05, 0.1) is 19.9 Å². The Kier molecular flexibility index (Phi) is 5.98. The highest BCUT2D eigenvalue weighted by Crippen LogP contribution is 2.33. The zero-order valence-corrected chi connectivity index (χ0v) is 14.7. The summed E-state index contributed by atoms with van der Waals surface area (Å²) in [6, 6.07) is 5.63. The van der Waals surface area contributed by atoms with Gasteiger partial charge in [-0.05, 0) is 30.5 Å². The molecular weight excluding hydrogens is 312 g/mol. The zero-order chi connectivity index (χ0) is 16.8. The molecule has 1 aromatic heterocycles. The van der Waals surface area contributed by atoms with E-state index in [1.165, 1.54) is 11.3 Å². The molecule has 0 unspecified atom stereocenters. The average Bonchev–Trinajstić information content (AvgIpc) is 3.00. The van der Waals surface area contributed by atoms with E-state index >= 15 is 0 Å². The maximum atomic E-state index is 11.9. The molecule has 0 aliphatic carbocycles. The summed E-state index contributed by atoms with van der Waals surface area (Å²) < 4.78 is 10.5. The quantitative estimate of drug-likeness (QED) is 0.824. The van der Waals surface area contributed by atoms with E-state index in [2.05, 4.69) is 24.1 Å². The molecule has 23 heavy (non-hydrogen) atoms. The van der Waals surface area contributed by atoms with Crippen molar-refractivity contribution < 1.29 is 14.3 Å². The first kappa shape index (κ1) is 17.3. The predicted octanol–water partition coefficient (Wildman–Crippen LogP) is 4.20. The number of aromatic nitrogens is 1. The van der Waals surface area contributed by atoms with Crippen molar-refractivity contribution in [1.29, 1.82) is 0 Å². The lowest BCUT2D eigenvalue weighted by molar-refractivity contribution is -0.116. The van der Waals surface area contributed by atoms with Crippen LogP contribution < -0.4 is 14.8 Å². The van der Waals surface area contributed by atoms with E-state index in [1.54, 1.807) is 14.2 Å². The molecule has 0 bridgehead atoms. The largest absolute Gasteiger partial charge is 0.493 e. The molecule has 5 nitrogen and oxygen atoms in total. The van der Waals surface area contributed by atoms with Gasteiger partial charge >= 0.3 is 0 Å². The fourth-order valence-corrected chi connectivity index (χ4v) is 2.80. The number of rotatable bonds is 7. The Morgan fingerprint density at radius 3 is 2.65 bits per heavy atom. The third-order valence-electron chi connectivity index (χ3n) is 3.38.